The van der Waals surface area contributed by atoms with Crippen molar-refractivity contribution in [3.63, 3.8) is 0 Å². The van der Waals surface area contributed by atoms with Crippen LogP contribution in [0.25, 0.3) is 6.08 Å². The highest BCUT2D eigenvalue weighted by molar-refractivity contribution is 8.18. The van der Waals surface area contributed by atoms with Crippen LogP contribution in [0.1, 0.15) is 51.7 Å². The van der Waals surface area contributed by atoms with Crippen LogP contribution in [0, 0.1) is 0 Å². The van der Waals surface area contributed by atoms with Crippen molar-refractivity contribution < 1.29 is 33.4 Å². The van der Waals surface area contributed by atoms with Gasteiger partial charge in [0.05, 0.1) is 34.2 Å². The summed E-state index contributed by atoms with van der Waals surface area (Å²) in [6.45, 7) is 1.67. The number of esters is 1. The summed E-state index contributed by atoms with van der Waals surface area (Å²) in [4.78, 5) is 53.7. The second-order valence-electron chi connectivity index (χ2n) is 9.90. The molecule has 2 aromatic carbocycles. The first kappa shape index (κ1) is 31.9. The van der Waals surface area contributed by atoms with Crippen LogP contribution in [0.5, 0.6) is 11.5 Å². The van der Waals surface area contributed by atoms with Gasteiger partial charge in [0.25, 0.3) is 11.1 Å². The summed E-state index contributed by atoms with van der Waals surface area (Å²) in [6.07, 6.45) is 5.07. The number of methoxy groups -OCH3 is 1. The van der Waals surface area contributed by atoms with Crippen LogP contribution in [0.3, 0.4) is 0 Å². The predicted octanol–water partition coefficient (Wildman–Crippen LogP) is 7.37. The molecule has 1 fully saturated rings. The van der Waals surface area contributed by atoms with Gasteiger partial charge in [-0.2, -0.15) is 0 Å². The van der Waals surface area contributed by atoms with Gasteiger partial charge in [0, 0.05) is 4.88 Å². The summed E-state index contributed by atoms with van der Waals surface area (Å²) in [6, 6.07) is 10.3. The maximum absolute atomic E-state index is 13.1. The van der Waals surface area contributed by atoms with E-state index in [1.165, 1.54) is 18.4 Å². The van der Waals surface area contributed by atoms with E-state index in [0.29, 0.717) is 37.7 Å². The number of hydrogen-bond acceptors (Lipinski definition) is 9. The molecule has 3 amide bonds. The fraction of sp³-hybridized carbons (Fsp3) is 0.290. The molecule has 0 unspecified atom stereocenters. The third-order valence-corrected chi connectivity index (χ3v) is 9.80. The standard InChI is InChI=1S/C31H28Cl2N2O7S2/c1-3-41-30(38)27-19-6-4-5-7-24(19)43-28(27)34-26(36)15-35-29(37)25(44-31(35)39)14-17-9-11-22(23(13-17)40-2)42-16-18-8-10-20(32)21(33)12-18/h8-14H,3-7,15-16H2,1-2H3,(H,34,36). The smallest absolute Gasteiger partial charge is 0.341 e. The summed E-state index contributed by atoms with van der Waals surface area (Å²) in [5.41, 5.74) is 2.69. The lowest BCUT2D eigenvalue weighted by Gasteiger charge is -2.13. The van der Waals surface area contributed by atoms with E-state index in [2.05, 4.69) is 5.32 Å². The number of rotatable bonds is 10. The molecular weight excluding hydrogens is 647 g/mol. The zero-order chi connectivity index (χ0) is 31.4. The Labute approximate surface area is 272 Å². The Kier molecular flexibility index (Phi) is 10.2. The third-order valence-electron chi connectivity index (χ3n) is 6.94. The van der Waals surface area contributed by atoms with Crippen LogP contribution in [-0.4, -0.2) is 48.2 Å². The van der Waals surface area contributed by atoms with Crippen molar-refractivity contribution in [3.05, 3.63) is 78.5 Å². The Balaban J connectivity index is 1.26. The molecule has 0 spiro atoms. The number of thioether (sulfide) groups is 1. The number of benzene rings is 2. The molecular formula is C31H28Cl2N2O7S2. The fourth-order valence-corrected chi connectivity index (χ4v) is 7.31. The number of ether oxygens (including phenoxy) is 3. The van der Waals surface area contributed by atoms with E-state index >= 15 is 0 Å². The minimum atomic E-state index is -0.592. The van der Waals surface area contributed by atoms with Crippen LogP contribution in [0.2, 0.25) is 10.0 Å². The number of thiophene rings is 1. The van der Waals surface area contributed by atoms with Crippen LogP contribution < -0.4 is 14.8 Å². The highest BCUT2D eigenvalue weighted by atomic mass is 35.5. The van der Waals surface area contributed by atoms with Crippen molar-refractivity contribution in [1.29, 1.82) is 0 Å². The van der Waals surface area contributed by atoms with E-state index in [1.54, 1.807) is 49.4 Å². The van der Waals surface area contributed by atoms with E-state index in [9.17, 15) is 19.2 Å². The number of imide groups is 1. The highest BCUT2D eigenvalue weighted by Crippen LogP contribution is 2.39. The van der Waals surface area contributed by atoms with E-state index in [-0.39, 0.29) is 18.1 Å². The topological polar surface area (TPSA) is 111 Å². The molecule has 1 saturated heterocycles. The molecule has 44 heavy (non-hydrogen) atoms. The number of carbonyl (C=O) groups is 4. The van der Waals surface area contributed by atoms with Gasteiger partial charge in [-0.1, -0.05) is 35.3 Å². The van der Waals surface area contributed by atoms with Crippen molar-refractivity contribution in [2.45, 2.75) is 39.2 Å². The summed E-state index contributed by atoms with van der Waals surface area (Å²) in [5, 5.41) is 3.44. The SMILES string of the molecule is CCOC(=O)c1c(NC(=O)CN2C(=O)SC(=Cc3ccc(OCc4ccc(Cl)c(Cl)c4)c(OC)c3)C2=O)sc2c1CCCC2. The lowest BCUT2D eigenvalue weighted by molar-refractivity contribution is -0.127. The maximum atomic E-state index is 13.1. The molecule has 2 heterocycles. The van der Waals surface area contributed by atoms with Gasteiger partial charge in [0.1, 0.15) is 18.2 Å². The van der Waals surface area contributed by atoms with Crippen molar-refractivity contribution >= 4 is 80.4 Å². The first-order valence-electron chi connectivity index (χ1n) is 13.8. The molecule has 2 aliphatic rings. The van der Waals surface area contributed by atoms with Crippen LogP contribution >= 0.6 is 46.3 Å². The Bertz CT molecular complexity index is 1670. The average Bonchev–Trinajstić information content (AvgIpc) is 3.49. The van der Waals surface area contributed by atoms with Crippen molar-refractivity contribution in [1.82, 2.24) is 4.90 Å². The van der Waals surface area contributed by atoms with Gasteiger partial charge < -0.3 is 19.5 Å². The van der Waals surface area contributed by atoms with Gasteiger partial charge in [-0.15, -0.1) is 11.3 Å². The summed E-state index contributed by atoms with van der Waals surface area (Å²) < 4.78 is 16.6. The number of nitrogens with one attached hydrogen (secondary N) is 1. The zero-order valence-corrected chi connectivity index (χ0v) is 27.0. The second kappa shape index (κ2) is 14.1. The van der Waals surface area contributed by atoms with Gasteiger partial charge in [-0.25, -0.2) is 4.79 Å². The molecule has 0 saturated carbocycles. The molecule has 0 bridgehead atoms. The quantitative estimate of drug-likeness (QED) is 0.175. The average molecular weight is 676 g/mol. The summed E-state index contributed by atoms with van der Waals surface area (Å²) in [7, 11) is 1.50. The molecule has 0 atom stereocenters. The third kappa shape index (κ3) is 7.07. The number of nitrogens with zero attached hydrogens (tertiary/aromatic N) is 1. The van der Waals surface area contributed by atoms with Gasteiger partial charge in [0.15, 0.2) is 11.5 Å². The lowest BCUT2D eigenvalue weighted by Crippen LogP contribution is -2.36. The van der Waals surface area contributed by atoms with E-state index in [0.717, 1.165) is 58.3 Å². The van der Waals surface area contributed by atoms with Gasteiger partial charge in [-0.3, -0.25) is 19.3 Å². The Morgan fingerprint density at radius 3 is 2.59 bits per heavy atom. The fourth-order valence-electron chi connectivity index (χ4n) is 4.85. The minimum Gasteiger partial charge on any atom is -0.493 e. The summed E-state index contributed by atoms with van der Waals surface area (Å²) in [5.74, 6) is -0.767. The number of amides is 3. The molecule has 0 radical (unpaired) electrons. The lowest BCUT2D eigenvalue weighted by atomic mass is 9.95. The number of halogens is 2. The number of aryl methyl sites for hydroxylation is 1. The maximum Gasteiger partial charge on any atom is 0.341 e. The van der Waals surface area contributed by atoms with Crippen LogP contribution in [0.15, 0.2) is 41.3 Å². The van der Waals surface area contributed by atoms with E-state index < -0.39 is 29.6 Å². The molecule has 3 aromatic rings. The molecule has 230 valence electrons. The first-order valence-corrected chi connectivity index (χ1v) is 16.2. The number of carbonyl (C=O) groups excluding carboxylic acids is 4. The molecule has 13 heteroatoms. The van der Waals surface area contributed by atoms with Crippen molar-refractivity contribution in [3.8, 4) is 11.5 Å². The van der Waals surface area contributed by atoms with Gasteiger partial charge >= 0.3 is 5.97 Å². The van der Waals surface area contributed by atoms with Crippen LogP contribution in [-0.2, 0) is 33.8 Å². The Morgan fingerprint density at radius 1 is 1.05 bits per heavy atom. The van der Waals surface area contributed by atoms with E-state index in [1.807, 2.05) is 0 Å². The molecule has 9 nitrogen and oxygen atoms in total. The normalized spacial score (nSPS) is 15.4. The molecule has 1 aromatic heterocycles. The monoisotopic (exact) mass is 674 g/mol. The highest BCUT2D eigenvalue weighted by Gasteiger charge is 2.37. The largest absolute Gasteiger partial charge is 0.493 e. The number of fused-ring (bicyclic) bond motifs is 1. The number of hydrogen-bond donors (Lipinski definition) is 1. The molecule has 1 aliphatic heterocycles. The molecule has 1 aliphatic carbocycles. The first-order chi connectivity index (χ1) is 21.2. The van der Waals surface area contributed by atoms with E-state index in [4.69, 9.17) is 37.4 Å². The zero-order valence-electron chi connectivity index (χ0n) is 23.9. The Morgan fingerprint density at radius 2 is 1.84 bits per heavy atom. The summed E-state index contributed by atoms with van der Waals surface area (Å²) >= 11 is 14.1. The molecule has 1 N–H and O–H groups in total. The van der Waals surface area contributed by atoms with Crippen molar-refractivity contribution in [2.24, 2.45) is 0 Å². The second-order valence-corrected chi connectivity index (χ2v) is 12.8. The van der Waals surface area contributed by atoms with Crippen molar-refractivity contribution in [2.75, 3.05) is 25.6 Å². The van der Waals surface area contributed by atoms with Gasteiger partial charge in [0.2, 0.25) is 5.91 Å². The minimum absolute atomic E-state index is 0.160. The predicted molar refractivity (Wildman–Crippen MR) is 172 cm³/mol. The van der Waals surface area contributed by atoms with Crippen LogP contribution in [0.4, 0.5) is 9.80 Å². The Hall–Kier alpha value is -3.51. The molecule has 5 rings (SSSR count). The number of anilines is 1. The van der Waals surface area contributed by atoms with Gasteiger partial charge in [-0.05, 0) is 91.4 Å².